The molecule has 0 aliphatic heterocycles. The Morgan fingerprint density at radius 2 is 1.95 bits per heavy atom. The van der Waals surface area contributed by atoms with Gasteiger partial charge in [0.15, 0.2) is 6.29 Å². The van der Waals surface area contributed by atoms with Crippen LogP contribution < -0.4 is 5.32 Å². The van der Waals surface area contributed by atoms with Gasteiger partial charge in [-0.3, -0.25) is 4.79 Å². The normalized spacial score (nSPS) is 10.3. The predicted molar refractivity (Wildman–Crippen MR) is 76.6 cm³/mol. The SMILES string of the molecule is Cc1nc(Cl)c(C=O)c(Nc2cccc(C)c2Cl)n1. The predicted octanol–water partition coefficient (Wildman–Crippen LogP) is 3.96. The summed E-state index contributed by atoms with van der Waals surface area (Å²) >= 11 is 12.1. The van der Waals surface area contributed by atoms with Crippen LogP contribution in [0.5, 0.6) is 0 Å². The first kappa shape index (κ1) is 13.8. The van der Waals surface area contributed by atoms with Gasteiger partial charge in [-0.05, 0) is 25.5 Å². The second-order valence-electron chi connectivity index (χ2n) is 4.00. The number of carbonyl (C=O) groups excluding carboxylic acids is 1. The van der Waals surface area contributed by atoms with E-state index in [9.17, 15) is 4.79 Å². The molecule has 19 heavy (non-hydrogen) atoms. The van der Waals surface area contributed by atoms with Crippen molar-refractivity contribution in [3.63, 3.8) is 0 Å². The second kappa shape index (κ2) is 5.55. The van der Waals surface area contributed by atoms with Crippen LogP contribution in [0.3, 0.4) is 0 Å². The molecule has 2 rings (SSSR count). The summed E-state index contributed by atoms with van der Waals surface area (Å²) in [5, 5.41) is 3.71. The molecule has 0 aliphatic carbocycles. The molecule has 0 fully saturated rings. The van der Waals surface area contributed by atoms with Gasteiger partial charge in [0, 0.05) is 0 Å². The summed E-state index contributed by atoms with van der Waals surface area (Å²) in [6, 6.07) is 5.56. The van der Waals surface area contributed by atoms with Crippen LogP contribution in [0.2, 0.25) is 10.2 Å². The standard InChI is InChI=1S/C13H11Cl2N3O/c1-7-4-3-5-10(11(7)14)18-13-9(6-19)12(15)16-8(2)17-13/h3-6H,1-2H3,(H,16,17,18). The number of nitrogens with one attached hydrogen (secondary N) is 1. The van der Waals surface area contributed by atoms with Crippen LogP contribution in [0, 0.1) is 13.8 Å². The third-order valence-corrected chi connectivity index (χ3v) is 3.36. The monoisotopic (exact) mass is 295 g/mol. The minimum Gasteiger partial charge on any atom is -0.338 e. The van der Waals surface area contributed by atoms with E-state index in [1.54, 1.807) is 13.0 Å². The molecule has 1 heterocycles. The Balaban J connectivity index is 2.49. The lowest BCUT2D eigenvalue weighted by atomic mass is 10.2. The van der Waals surface area contributed by atoms with Gasteiger partial charge in [0.05, 0.1) is 16.3 Å². The van der Waals surface area contributed by atoms with E-state index in [2.05, 4.69) is 15.3 Å². The number of hydrogen-bond acceptors (Lipinski definition) is 4. The number of carbonyl (C=O) groups is 1. The lowest BCUT2D eigenvalue weighted by Crippen LogP contribution is -2.04. The lowest BCUT2D eigenvalue weighted by Gasteiger charge is -2.12. The zero-order chi connectivity index (χ0) is 14.0. The summed E-state index contributed by atoms with van der Waals surface area (Å²) in [5.74, 6) is 0.821. The summed E-state index contributed by atoms with van der Waals surface area (Å²) in [4.78, 5) is 19.2. The molecule has 98 valence electrons. The van der Waals surface area contributed by atoms with Crippen LogP contribution >= 0.6 is 23.2 Å². The summed E-state index contributed by atoms with van der Waals surface area (Å²) in [6.45, 7) is 3.59. The fourth-order valence-electron chi connectivity index (χ4n) is 1.62. The first-order valence-electron chi connectivity index (χ1n) is 5.54. The van der Waals surface area contributed by atoms with Crippen molar-refractivity contribution >= 4 is 41.0 Å². The molecular weight excluding hydrogens is 285 g/mol. The van der Waals surface area contributed by atoms with Crippen LogP contribution in [-0.2, 0) is 0 Å². The van der Waals surface area contributed by atoms with E-state index in [4.69, 9.17) is 23.2 Å². The number of anilines is 2. The van der Waals surface area contributed by atoms with Gasteiger partial charge in [-0.25, -0.2) is 9.97 Å². The minimum absolute atomic E-state index is 0.119. The molecular formula is C13H11Cl2N3O. The van der Waals surface area contributed by atoms with Gasteiger partial charge in [-0.15, -0.1) is 0 Å². The van der Waals surface area contributed by atoms with E-state index in [1.165, 1.54) is 0 Å². The Hall–Kier alpha value is -1.65. The van der Waals surface area contributed by atoms with E-state index in [0.717, 1.165) is 5.56 Å². The van der Waals surface area contributed by atoms with Crippen molar-refractivity contribution < 1.29 is 4.79 Å². The second-order valence-corrected chi connectivity index (χ2v) is 4.74. The molecule has 4 nitrogen and oxygen atoms in total. The summed E-state index contributed by atoms with van der Waals surface area (Å²) in [7, 11) is 0. The van der Waals surface area contributed by atoms with Crippen molar-refractivity contribution in [1.82, 2.24) is 9.97 Å². The Bertz CT molecular complexity index is 644. The van der Waals surface area contributed by atoms with Crippen molar-refractivity contribution in [2.24, 2.45) is 0 Å². The number of hydrogen-bond donors (Lipinski definition) is 1. The molecule has 1 aromatic carbocycles. The molecule has 0 atom stereocenters. The molecule has 6 heteroatoms. The molecule has 0 saturated carbocycles. The quantitative estimate of drug-likeness (QED) is 0.688. The molecule has 0 bridgehead atoms. The maximum Gasteiger partial charge on any atom is 0.156 e. The van der Waals surface area contributed by atoms with Gasteiger partial charge in [0.1, 0.15) is 16.8 Å². The van der Waals surface area contributed by atoms with Gasteiger partial charge in [-0.1, -0.05) is 35.3 Å². The zero-order valence-electron chi connectivity index (χ0n) is 10.4. The Morgan fingerprint density at radius 3 is 2.63 bits per heavy atom. The topological polar surface area (TPSA) is 54.9 Å². The van der Waals surface area contributed by atoms with E-state index in [0.29, 0.717) is 28.6 Å². The molecule has 0 aliphatic rings. The average Bonchev–Trinajstić information content (AvgIpc) is 2.34. The zero-order valence-corrected chi connectivity index (χ0v) is 11.9. The molecule has 2 aromatic rings. The maximum absolute atomic E-state index is 11.1. The average molecular weight is 296 g/mol. The van der Waals surface area contributed by atoms with Gasteiger partial charge in [0.25, 0.3) is 0 Å². The Kier molecular flexibility index (Phi) is 4.02. The van der Waals surface area contributed by atoms with Crippen LogP contribution in [0.15, 0.2) is 18.2 Å². The van der Waals surface area contributed by atoms with Gasteiger partial charge in [0.2, 0.25) is 0 Å². The van der Waals surface area contributed by atoms with Gasteiger partial charge >= 0.3 is 0 Å². The summed E-state index contributed by atoms with van der Waals surface area (Å²) < 4.78 is 0. The molecule has 0 unspecified atom stereocenters. The molecule has 0 spiro atoms. The van der Waals surface area contributed by atoms with E-state index < -0.39 is 0 Å². The number of halogens is 2. The molecule has 0 saturated heterocycles. The number of aryl methyl sites for hydroxylation is 2. The highest BCUT2D eigenvalue weighted by Crippen LogP contribution is 2.29. The highest BCUT2D eigenvalue weighted by atomic mass is 35.5. The highest BCUT2D eigenvalue weighted by molar-refractivity contribution is 6.34. The fourth-order valence-corrected chi connectivity index (χ4v) is 2.05. The number of aldehydes is 1. The van der Waals surface area contributed by atoms with Crippen molar-refractivity contribution in [3.8, 4) is 0 Å². The van der Waals surface area contributed by atoms with Crippen LogP contribution in [-0.4, -0.2) is 16.3 Å². The van der Waals surface area contributed by atoms with Gasteiger partial charge < -0.3 is 5.32 Å². The minimum atomic E-state index is 0.119. The van der Waals surface area contributed by atoms with Crippen molar-refractivity contribution in [3.05, 3.63) is 45.3 Å². The largest absolute Gasteiger partial charge is 0.338 e. The maximum atomic E-state index is 11.1. The van der Waals surface area contributed by atoms with Crippen LogP contribution in [0.1, 0.15) is 21.7 Å². The summed E-state index contributed by atoms with van der Waals surface area (Å²) in [5.41, 5.74) is 1.81. The fraction of sp³-hybridized carbons (Fsp3) is 0.154. The third kappa shape index (κ3) is 2.85. The Morgan fingerprint density at radius 1 is 1.21 bits per heavy atom. The van der Waals surface area contributed by atoms with Crippen LogP contribution in [0.4, 0.5) is 11.5 Å². The molecule has 0 amide bonds. The number of aromatic nitrogens is 2. The molecule has 1 aromatic heterocycles. The van der Waals surface area contributed by atoms with Crippen molar-refractivity contribution in [2.75, 3.05) is 5.32 Å². The van der Waals surface area contributed by atoms with Gasteiger partial charge in [-0.2, -0.15) is 0 Å². The first-order valence-corrected chi connectivity index (χ1v) is 6.30. The first-order chi connectivity index (χ1) is 9.02. The van der Waals surface area contributed by atoms with Crippen molar-refractivity contribution in [2.45, 2.75) is 13.8 Å². The lowest BCUT2D eigenvalue weighted by molar-refractivity contribution is 0.112. The van der Waals surface area contributed by atoms with Crippen molar-refractivity contribution in [1.29, 1.82) is 0 Å². The van der Waals surface area contributed by atoms with E-state index >= 15 is 0 Å². The van der Waals surface area contributed by atoms with E-state index in [-0.39, 0.29) is 10.7 Å². The molecule has 0 radical (unpaired) electrons. The number of benzene rings is 1. The number of nitrogens with zero attached hydrogens (tertiary/aromatic N) is 2. The van der Waals surface area contributed by atoms with Crippen LogP contribution in [0.25, 0.3) is 0 Å². The smallest absolute Gasteiger partial charge is 0.156 e. The third-order valence-electron chi connectivity index (χ3n) is 2.57. The molecule has 1 N–H and O–H groups in total. The Labute approximate surface area is 120 Å². The summed E-state index contributed by atoms with van der Waals surface area (Å²) in [6.07, 6.45) is 0.619. The van der Waals surface area contributed by atoms with E-state index in [1.807, 2.05) is 19.1 Å². The highest BCUT2D eigenvalue weighted by Gasteiger charge is 2.12. The number of rotatable bonds is 3.